The highest BCUT2D eigenvalue weighted by molar-refractivity contribution is 5.96. The molecule has 2 rings (SSSR count). The van der Waals surface area contributed by atoms with Crippen LogP contribution in [-0.2, 0) is 0 Å². The fraction of sp³-hybridized carbons (Fsp3) is 0.500. The third-order valence-electron chi connectivity index (χ3n) is 3.77. The highest BCUT2D eigenvalue weighted by Gasteiger charge is 2.35. The SMILES string of the molecule is CC(=N)c1ccc([C@@H]2CC[C@](N)(CO)C2)cc1. The largest absolute Gasteiger partial charge is 0.394 e. The monoisotopic (exact) mass is 232 g/mol. The van der Waals surface area contributed by atoms with E-state index < -0.39 is 0 Å². The van der Waals surface area contributed by atoms with E-state index in [-0.39, 0.29) is 12.1 Å². The molecule has 1 aliphatic rings. The normalized spacial score (nSPS) is 28.3. The Labute approximate surface area is 102 Å². The summed E-state index contributed by atoms with van der Waals surface area (Å²) in [6.07, 6.45) is 2.78. The van der Waals surface area contributed by atoms with Crippen molar-refractivity contribution >= 4 is 5.71 Å². The Morgan fingerprint density at radius 3 is 2.59 bits per heavy atom. The molecule has 0 bridgehead atoms. The Kier molecular flexibility index (Phi) is 3.31. The van der Waals surface area contributed by atoms with Gasteiger partial charge in [0.2, 0.25) is 0 Å². The molecule has 1 fully saturated rings. The summed E-state index contributed by atoms with van der Waals surface area (Å²) in [5.74, 6) is 0.451. The fourth-order valence-electron chi connectivity index (χ4n) is 2.59. The number of hydrogen-bond donors (Lipinski definition) is 3. The first kappa shape index (κ1) is 12.3. The van der Waals surface area contributed by atoms with Gasteiger partial charge in [0.25, 0.3) is 0 Å². The second-order valence-electron chi connectivity index (χ2n) is 5.21. The number of nitrogens with one attached hydrogen (secondary N) is 1. The van der Waals surface area contributed by atoms with Crippen LogP contribution in [0.3, 0.4) is 0 Å². The summed E-state index contributed by atoms with van der Waals surface area (Å²) in [5, 5.41) is 16.8. The van der Waals surface area contributed by atoms with Gasteiger partial charge >= 0.3 is 0 Å². The summed E-state index contributed by atoms with van der Waals surface area (Å²) in [4.78, 5) is 0. The lowest BCUT2D eigenvalue weighted by Gasteiger charge is -2.20. The lowest BCUT2D eigenvalue weighted by atomic mass is 9.93. The van der Waals surface area contributed by atoms with Gasteiger partial charge in [-0.05, 0) is 43.2 Å². The van der Waals surface area contributed by atoms with Gasteiger partial charge in [-0.2, -0.15) is 0 Å². The fourth-order valence-corrected chi connectivity index (χ4v) is 2.59. The Morgan fingerprint density at radius 2 is 2.12 bits per heavy atom. The molecular weight excluding hydrogens is 212 g/mol. The molecule has 1 aromatic carbocycles. The van der Waals surface area contributed by atoms with E-state index in [4.69, 9.17) is 11.1 Å². The number of aliphatic hydroxyl groups excluding tert-OH is 1. The topological polar surface area (TPSA) is 70.1 Å². The lowest BCUT2D eigenvalue weighted by molar-refractivity contribution is 0.198. The van der Waals surface area contributed by atoms with Crippen molar-refractivity contribution in [3.63, 3.8) is 0 Å². The first-order valence-corrected chi connectivity index (χ1v) is 6.09. The molecule has 0 saturated heterocycles. The number of aliphatic hydroxyl groups is 1. The van der Waals surface area contributed by atoms with Gasteiger partial charge in [0, 0.05) is 11.3 Å². The molecule has 0 spiro atoms. The molecule has 0 aliphatic heterocycles. The van der Waals surface area contributed by atoms with E-state index in [0.29, 0.717) is 11.6 Å². The second-order valence-corrected chi connectivity index (χ2v) is 5.21. The van der Waals surface area contributed by atoms with Gasteiger partial charge in [-0.3, -0.25) is 0 Å². The van der Waals surface area contributed by atoms with Crippen LogP contribution in [-0.4, -0.2) is 23.0 Å². The van der Waals surface area contributed by atoms with Crippen LogP contribution in [0.5, 0.6) is 0 Å². The summed E-state index contributed by atoms with van der Waals surface area (Å²) in [6.45, 7) is 1.86. The predicted octanol–water partition coefficient (Wildman–Crippen LogP) is 2.03. The summed E-state index contributed by atoms with van der Waals surface area (Å²) in [6, 6.07) is 8.16. The molecule has 0 unspecified atom stereocenters. The first-order chi connectivity index (χ1) is 8.04. The van der Waals surface area contributed by atoms with Crippen LogP contribution in [0, 0.1) is 5.41 Å². The minimum Gasteiger partial charge on any atom is -0.394 e. The average molecular weight is 232 g/mol. The van der Waals surface area contributed by atoms with Crippen molar-refractivity contribution in [2.24, 2.45) is 5.73 Å². The van der Waals surface area contributed by atoms with Crippen LogP contribution in [0.1, 0.15) is 43.2 Å². The van der Waals surface area contributed by atoms with Gasteiger partial charge < -0.3 is 16.2 Å². The van der Waals surface area contributed by atoms with E-state index in [2.05, 4.69) is 12.1 Å². The Balaban J connectivity index is 2.12. The molecule has 1 aliphatic carbocycles. The van der Waals surface area contributed by atoms with E-state index in [1.165, 1.54) is 5.56 Å². The Morgan fingerprint density at radius 1 is 1.47 bits per heavy atom. The Hall–Kier alpha value is -1.19. The molecule has 17 heavy (non-hydrogen) atoms. The second kappa shape index (κ2) is 4.59. The number of rotatable bonds is 3. The molecule has 2 atom stereocenters. The highest BCUT2D eigenvalue weighted by atomic mass is 16.3. The van der Waals surface area contributed by atoms with Gasteiger partial charge in [-0.1, -0.05) is 24.3 Å². The molecule has 4 N–H and O–H groups in total. The first-order valence-electron chi connectivity index (χ1n) is 6.09. The van der Waals surface area contributed by atoms with Gasteiger partial charge in [0.15, 0.2) is 0 Å². The maximum atomic E-state index is 9.25. The van der Waals surface area contributed by atoms with Crippen molar-refractivity contribution in [2.75, 3.05) is 6.61 Å². The third-order valence-corrected chi connectivity index (χ3v) is 3.77. The molecule has 0 radical (unpaired) electrons. The van der Waals surface area contributed by atoms with Crippen LogP contribution < -0.4 is 5.73 Å². The average Bonchev–Trinajstić information content (AvgIpc) is 2.73. The standard InChI is InChI=1S/C14H20N2O/c1-10(15)11-2-4-12(5-3-11)13-6-7-14(16,8-13)9-17/h2-5,13,15,17H,6-9,16H2,1H3/t13-,14-/m1/s1. The zero-order valence-electron chi connectivity index (χ0n) is 10.2. The Bertz CT molecular complexity index is 413. The summed E-state index contributed by atoms with van der Waals surface area (Å²) < 4.78 is 0. The smallest absolute Gasteiger partial charge is 0.0611 e. The van der Waals surface area contributed by atoms with E-state index in [1.807, 2.05) is 12.1 Å². The van der Waals surface area contributed by atoms with E-state index in [0.717, 1.165) is 24.8 Å². The number of hydrogen-bond acceptors (Lipinski definition) is 3. The summed E-state index contributed by atoms with van der Waals surface area (Å²) in [7, 11) is 0. The number of benzene rings is 1. The van der Waals surface area contributed by atoms with Gasteiger partial charge in [-0.25, -0.2) is 0 Å². The number of nitrogens with two attached hydrogens (primary N) is 1. The molecule has 0 heterocycles. The molecular formula is C14H20N2O. The molecule has 3 heteroatoms. The zero-order chi connectivity index (χ0) is 12.5. The maximum absolute atomic E-state index is 9.25. The molecule has 92 valence electrons. The van der Waals surface area contributed by atoms with Crippen molar-refractivity contribution in [3.05, 3.63) is 35.4 Å². The minimum absolute atomic E-state index is 0.0706. The lowest BCUT2D eigenvalue weighted by Crippen LogP contribution is -2.40. The van der Waals surface area contributed by atoms with E-state index in [1.54, 1.807) is 6.92 Å². The van der Waals surface area contributed by atoms with Crippen LogP contribution in [0.2, 0.25) is 0 Å². The van der Waals surface area contributed by atoms with Crippen LogP contribution in [0.4, 0.5) is 0 Å². The zero-order valence-corrected chi connectivity index (χ0v) is 10.2. The maximum Gasteiger partial charge on any atom is 0.0611 e. The van der Waals surface area contributed by atoms with Crippen LogP contribution in [0.15, 0.2) is 24.3 Å². The predicted molar refractivity (Wildman–Crippen MR) is 69.5 cm³/mol. The van der Waals surface area contributed by atoms with Crippen molar-refractivity contribution < 1.29 is 5.11 Å². The highest BCUT2D eigenvalue weighted by Crippen LogP contribution is 2.39. The summed E-state index contributed by atoms with van der Waals surface area (Å²) >= 11 is 0. The van der Waals surface area contributed by atoms with Crippen LogP contribution in [0.25, 0.3) is 0 Å². The van der Waals surface area contributed by atoms with Gasteiger partial charge in [-0.15, -0.1) is 0 Å². The van der Waals surface area contributed by atoms with E-state index in [9.17, 15) is 5.11 Å². The van der Waals surface area contributed by atoms with E-state index >= 15 is 0 Å². The van der Waals surface area contributed by atoms with Crippen molar-refractivity contribution in [2.45, 2.75) is 37.6 Å². The quantitative estimate of drug-likeness (QED) is 0.698. The molecule has 0 amide bonds. The van der Waals surface area contributed by atoms with Crippen molar-refractivity contribution in [1.29, 1.82) is 5.41 Å². The molecule has 1 aromatic rings. The summed E-state index contributed by atoms with van der Waals surface area (Å²) in [5.41, 5.74) is 8.52. The van der Waals surface area contributed by atoms with Crippen molar-refractivity contribution in [1.82, 2.24) is 0 Å². The van der Waals surface area contributed by atoms with Gasteiger partial charge in [0.1, 0.15) is 0 Å². The van der Waals surface area contributed by atoms with Gasteiger partial charge in [0.05, 0.1) is 6.61 Å². The van der Waals surface area contributed by atoms with Crippen molar-refractivity contribution in [3.8, 4) is 0 Å². The molecule has 3 nitrogen and oxygen atoms in total. The van der Waals surface area contributed by atoms with Crippen LogP contribution >= 0.6 is 0 Å². The molecule has 0 aromatic heterocycles. The third kappa shape index (κ3) is 2.56. The minimum atomic E-state index is -0.388. The molecule has 1 saturated carbocycles.